The van der Waals surface area contributed by atoms with Crippen LogP contribution >= 0.6 is 11.6 Å². The number of benzene rings is 1. The van der Waals surface area contributed by atoms with Gasteiger partial charge in [-0.25, -0.2) is 4.39 Å². The normalized spacial score (nSPS) is 10.4. The number of rotatable bonds is 5. The van der Waals surface area contributed by atoms with Gasteiger partial charge in [0, 0.05) is 12.2 Å². The van der Waals surface area contributed by atoms with Crippen molar-refractivity contribution < 1.29 is 14.0 Å². The minimum Gasteiger partial charge on any atom is -0.348 e. The third kappa shape index (κ3) is 5.54. The molecular weight excluding hydrogens is 285 g/mol. The highest BCUT2D eigenvalue weighted by atomic mass is 35.5. The van der Waals surface area contributed by atoms with Crippen molar-refractivity contribution in [2.45, 2.75) is 6.42 Å². The van der Waals surface area contributed by atoms with Gasteiger partial charge in [0.05, 0.1) is 5.02 Å². The Kier molecular flexibility index (Phi) is 6.41. The predicted molar refractivity (Wildman–Crippen MR) is 76.2 cm³/mol. The average Bonchev–Trinajstić information content (AvgIpc) is 2.38. The van der Waals surface area contributed by atoms with E-state index in [0.29, 0.717) is 6.54 Å². The number of carbonyl (C=O) groups is 2. The fourth-order valence-electron chi connectivity index (χ4n) is 1.44. The summed E-state index contributed by atoms with van der Waals surface area (Å²) < 4.78 is 12.9. The molecule has 110 valence electrons. The molecule has 0 atom stereocenters. The molecule has 2 amide bonds. The molecule has 0 saturated heterocycles. The van der Waals surface area contributed by atoms with E-state index in [4.69, 9.17) is 11.6 Å². The number of carbonyl (C=O) groups excluding carboxylic acids is 2. The molecule has 1 rings (SSSR count). The quantitative estimate of drug-likeness (QED) is 0.640. The summed E-state index contributed by atoms with van der Waals surface area (Å²) in [4.78, 5) is 25.0. The monoisotopic (exact) mass is 301 g/mol. The summed E-state index contributed by atoms with van der Waals surface area (Å²) in [6, 6.07) is 3.69. The van der Waals surface area contributed by atoms with Crippen LogP contribution in [0.4, 0.5) is 10.1 Å². The van der Waals surface area contributed by atoms with E-state index in [1.165, 1.54) is 12.1 Å². The number of nitrogens with one attached hydrogen (secondary N) is 2. The third-order valence-corrected chi connectivity index (χ3v) is 2.74. The van der Waals surface area contributed by atoms with Gasteiger partial charge in [0.25, 0.3) is 0 Å². The minimum atomic E-state index is -0.808. The Bertz CT molecular complexity index is 495. The zero-order chi connectivity index (χ0) is 15.1. The molecule has 0 aromatic heterocycles. The molecule has 0 spiro atoms. The van der Waals surface area contributed by atoms with E-state index in [2.05, 4.69) is 10.6 Å². The van der Waals surface area contributed by atoms with Gasteiger partial charge in [0.15, 0.2) is 0 Å². The molecule has 1 aromatic carbocycles. The van der Waals surface area contributed by atoms with Gasteiger partial charge in [-0.2, -0.15) is 0 Å². The van der Waals surface area contributed by atoms with Gasteiger partial charge in [-0.05, 0) is 45.3 Å². The number of hydrogen-bond donors (Lipinski definition) is 2. The highest BCUT2D eigenvalue weighted by Gasteiger charge is 2.13. The molecular formula is C13H17ClFN3O2. The summed E-state index contributed by atoms with van der Waals surface area (Å²) in [5.74, 6) is -2.13. The molecule has 1 aromatic rings. The van der Waals surface area contributed by atoms with Crippen molar-refractivity contribution in [1.29, 1.82) is 0 Å². The zero-order valence-electron chi connectivity index (χ0n) is 11.4. The molecule has 0 aliphatic carbocycles. The van der Waals surface area contributed by atoms with Crippen LogP contribution in [0.2, 0.25) is 5.02 Å². The van der Waals surface area contributed by atoms with E-state index in [1.54, 1.807) is 0 Å². The van der Waals surface area contributed by atoms with Crippen LogP contribution in [0.3, 0.4) is 0 Å². The summed E-state index contributed by atoms with van der Waals surface area (Å²) in [5.41, 5.74) is 0.268. The summed E-state index contributed by atoms with van der Waals surface area (Å²) in [6.45, 7) is 1.23. The van der Waals surface area contributed by atoms with Crippen LogP contribution in [0.5, 0.6) is 0 Å². The van der Waals surface area contributed by atoms with Gasteiger partial charge in [0.1, 0.15) is 5.82 Å². The molecule has 0 fully saturated rings. The summed E-state index contributed by atoms with van der Waals surface area (Å²) >= 11 is 5.58. The van der Waals surface area contributed by atoms with Crippen LogP contribution < -0.4 is 10.6 Å². The fourth-order valence-corrected chi connectivity index (χ4v) is 1.62. The lowest BCUT2D eigenvalue weighted by atomic mass is 10.3. The van der Waals surface area contributed by atoms with Crippen LogP contribution in [-0.4, -0.2) is 43.9 Å². The standard InChI is InChI=1S/C13H17ClFN3O2/c1-18(2)7-3-6-16-12(19)13(20)17-9-4-5-11(15)10(14)8-9/h4-5,8H,3,6-7H2,1-2H3,(H,16,19)(H,17,20). The Hall–Kier alpha value is -1.66. The minimum absolute atomic E-state index is 0.116. The van der Waals surface area contributed by atoms with Crippen LogP contribution in [0.15, 0.2) is 18.2 Å². The molecule has 0 bridgehead atoms. The van der Waals surface area contributed by atoms with Crippen molar-refractivity contribution in [2.75, 3.05) is 32.5 Å². The molecule has 20 heavy (non-hydrogen) atoms. The lowest BCUT2D eigenvalue weighted by Crippen LogP contribution is -2.36. The number of anilines is 1. The van der Waals surface area contributed by atoms with Crippen molar-refractivity contribution in [3.63, 3.8) is 0 Å². The van der Waals surface area contributed by atoms with Gasteiger partial charge in [-0.15, -0.1) is 0 Å². The Morgan fingerprint density at radius 1 is 1.30 bits per heavy atom. The molecule has 0 aliphatic heterocycles. The van der Waals surface area contributed by atoms with Crippen LogP contribution in [0, 0.1) is 5.82 Å². The first-order valence-corrected chi connectivity index (χ1v) is 6.47. The fraction of sp³-hybridized carbons (Fsp3) is 0.385. The van der Waals surface area contributed by atoms with Gasteiger partial charge >= 0.3 is 11.8 Å². The number of amides is 2. The molecule has 0 heterocycles. The molecule has 2 N–H and O–H groups in total. The number of hydrogen-bond acceptors (Lipinski definition) is 3. The highest BCUT2D eigenvalue weighted by molar-refractivity contribution is 6.39. The van der Waals surface area contributed by atoms with Gasteiger partial charge in [0.2, 0.25) is 0 Å². The SMILES string of the molecule is CN(C)CCCNC(=O)C(=O)Nc1ccc(F)c(Cl)c1. The van der Waals surface area contributed by atoms with Crippen LogP contribution in [-0.2, 0) is 9.59 Å². The Morgan fingerprint density at radius 3 is 2.60 bits per heavy atom. The van der Waals surface area contributed by atoms with Crippen molar-refractivity contribution in [2.24, 2.45) is 0 Å². The van der Waals surface area contributed by atoms with Gasteiger partial charge in [-0.3, -0.25) is 9.59 Å². The molecule has 7 heteroatoms. The summed E-state index contributed by atoms with van der Waals surface area (Å²) in [6.07, 6.45) is 0.744. The van der Waals surface area contributed by atoms with Crippen molar-refractivity contribution in [1.82, 2.24) is 10.2 Å². The summed E-state index contributed by atoms with van der Waals surface area (Å²) in [5, 5.41) is 4.73. The number of halogens is 2. The molecule has 0 unspecified atom stereocenters. The van der Waals surface area contributed by atoms with Crippen molar-refractivity contribution in [3.8, 4) is 0 Å². The topological polar surface area (TPSA) is 61.4 Å². The Balaban J connectivity index is 2.41. The van der Waals surface area contributed by atoms with E-state index in [-0.39, 0.29) is 10.7 Å². The smallest absolute Gasteiger partial charge is 0.313 e. The predicted octanol–water partition coefficient (Wildman–Crippen LogP) is 1.49. The maximum absolute atomic E-state index is 12.9. The first kappa shape index (κ1) is 16.4. The van der Waals surface area contributed by atoms with Crippen molar-refractivity contribution >= 4 is 29.1 Å². The first-order chi connectivity index (χ1) is 9.40. The second-order valence-electron chi connectivity index (χ2n) is 4.50. The van der Waals surface area contributed by atoms with Crippen LogP contribution in [0.25, 0.3) is 0 Å². The lowest BCUT2D eigenvalue weighted by Gasteiger charge is -2.10. The molecule has 0 aliphatic rings. The zero-order valence-corrected chi connectivity index (χ0v) is 12.1. The maximum Gasteiger partial charge on any atom is 0.313 e. The maximum atomic E-state index is 12.9. The Labute approximate surface area is 122 Å². The largest absolute Gasteiger partial charge is 0.348 e. The third-order valence-electron chi connectivity index (χ3n) is 2.45. The van der Waals surface area contributed by atoms with Crippen molar-refractivity contribution in [3.05, 3.63) is 29.0 Å². The summed E-state index contributed by atoms with van der Waals surface area (Å²) in [7, 11) is 3.85. The molecule has 0 radical (unpaired) electrons. The van der Waals surface area contributed by atoms with Gasteiger partial charge in [-0.1, -0.05) is 11.6 Å². The lowest BCUT2D eigenvalue weighted by molar-refractivity contribution is -0.136. The van der Waals surface area contributed by atoms with E-state index < -0.39 is 17.6 Å². The van der Waals surface area contributed by atoms with Gasteiger partial charge < -0.3 is 15.5 Å². The van der Waals surface area contributed by atoms with E-state index in [1.807, 2.05) is 19.0 Å². The van der Waals surface area contributed by atoms with E-state index in [9.17, 15) is 14.0 Å². The first-order valence-electron chi connectivity index (χ1n) is 6.09. The highest BCUT2D eigenvalue weighted by Crippen LogP contribution is 2.19. The number of nitrogens with zero attached hydrogens (tertiary/aromatic N) is 1. The molecule has 0 saturated carbocycles. The van der Waals surface area contributed by atoms with Crippen LogP contribution in [0.1, 0.15) is 6.42 Å². The van der Waals surface area contributed by atoms with E-state index in [0.717, 1.165) is 19.0 Å². The second-order valence-corrected chi connectivity index (χ2v) is 4.90. The average molecular weight is 302 g/mol. The second kappa shape index (κ2) is 7.81. The Morgan fingerprint density at radius 2 is 2.00 bits per heavy atom. The van der Waals surface area contributed by atoms with E-state index >= 15 is 0 Å². The molecule has 5 nitrogen and oxygen atoms in total.